The number of nitrogens with two attached hydrogens (primary N) is 1. The van der Waals surface area contributed by atoms with E-state index < -0.39 is 10.5 Å². The first kappa shape index (κ1) is 14.1. The zero-order valence-corrected chi connectivity index (χ0v) is 9.96. The van der Waals surface area contributed by atoms with Crippen LogP contribution in [0.5, 0.6) is 0 Å². The van der Waals surface area contributed by atoms with Crippen LogP contribution in [0.1, 0.15) is 13.3 Å². The molecule has 8 heteroatoms. The molecule has 0 bridgehead atoms. The maximum atomic E-state index is 10.6. The van der Waals surface area contributed by atoms with Gasteiger partial charge in [-0.1, -0.05) is 6.92 Å². The predicted octanol–water partition coefficient (Wildman–Crippen LogP) is 0.117. The fourth-order valence-corrected chi connectivity index (χ4v) is 1.40. The number of nitro groups is 1. The van der Waals surface area contributed by atoms with Crippen LogP contribution in [-0.2, 0) is 0 Å². The van der Waals surface area contributed by atoms with Crippen molar-refractivity contribution in [3.05, 3.63) is 22.2 Å². The van der Waals surface area contributed by atoms with Crippen LogP contribution in [0.15, 0.2) is 12.1 Å². The third-order valence-corrected chi connectivity index (χ3v) is 2.77. The van der Waals surface area contributed by atoms with Crippen molar-refractivity contribution < 1.29 is 15.1 Å². The van der Waals surface area contributed by atoms with E-state index in [0.29, 0.717) is 6.42 Å². The van der Waals surface area contributed by atoms with Gasteiger partial charge in [0, 0.05) is 6.07 Å². The van der Waals surface area contributed by atoms with Gasteiger partial charge in [-0.25, -0.2) is 4.98 Å². The summed E-state index contributed by atoms with van der Waals surface area (Å²) in [5.41, 5.74) is 4.24. The SMILES string of the molecule is CCC(CO)(CO)Nc1ccc([N+](=O)[O-])c(N)n1. The van der Waals surface area contributed by atoms with Gasteiger partial charge in [0.05, 0.1) is 23.7 Å². The smallest absolute Gasteiger partial charge is 0.311 e. The van der Waals surface area contributed by atoms with Crippen molar-refractivity contribution >= 4 is 17.3 Å². The zero-order valence-electron chi connectivity index (χ0n) is 9.96. The Morgan fingerprint density at radius 1 is 1.50 bits per heavy atom. The highest BCUT2D eigenvalue weighted by atomic mass is 16.6. The second-order valence-corrected chi connectivity index (χ2v) is 3.93. The molecule has 0 atom stereocenters. The number of nitrogen functional groups attached to an aromatic ring is 1. The van der Waals surface area contributed by atoms with Crippen LogP contribution < -0.4 is 11.1 Å². The van der Waals surface area contributed by atoms with Gasteiger partial charge in [-0.05, 0) is 12.5 Å². The molecule has 1 rings (SSSR count). The minimum absolute atomic E-state index is 0.217. The lowest BCUT2D eigenvalue weighted by Gasteiger charge is -2.30. The maximum Gasteiger partial charge on any atom is 0.311 e. The Balaban J connectivity index is 2.98. The van der Waals surface area contributed by atoms with Crippen LogP contribution in [0.2, 0.25) is 0 Å². The topological polar surface area (TPSA) is 135 Å². The Morgan fingerprint density at radius 3 is 2.50 bits per heavy atom. The van der Waals surface area contributed by atoms with E-state index in [1.807, 2.05) is 0 Å². The number of anilines is 2. The van der Waals surface area contributed by atoms with Crippen LogP contribution in [-0.4, -0.2) is 38.9 Å². The van der Waals surface area contributed by atoms with E-state index in [0.717, 1.165) is 0 Å². The molecule has 18 heavy (non-hydrogen) atoms. The average Bonchev–Trinajstić information content (AvgIpc) is 2.36. The maximum absolute atomic E-state index is 10.6. The van der Waals surface area contributed by atoms with Gasteiger partial charge >= 0.3 is 5.69 Å². The first-order chi connectivity index (χ1) is 8.48. The molecule has 0 aliphatic carbocycles. The quantitative estimate of drug-likeness (QED) is 0.419. The molecule has 0 saturated carbocycles. The first-order valence-corrected chi connectivity index (χ1v) is 5.39. The van der Waals surface area contributed by atoms with E-state index in [4.69, 9.17) is 5.73 Å². The normalized spacial score (nSPS) is 11.3. The van der Waals surface area contributed by atoms with Gasteiger partial charge in [-0.3, -0.25) is 10.1 Å². The van der Waals surface area contributed by atoms with E-state index in [-0.39, 0.29) is 30.5 Å². The standard InChI is InChI=1S/C10H16N4O4/c1-2-10(5-15,6-16)13-8-4-3-7(14(17)18)9(11)12-8/h3-4,15-16H,2,5-6H2,1H3,(H3,11,12,13). The number of nitrogens with zero attached hydrogens (tertiary/aromatic N) is 2. The van der Waals surface area contributed by atoms with Gasteiger partial charge in [-0.2, -0.15) is 0 Å². The average molecular weight is 256 g/mol. The minimum atomic E-state index is -0.921. The Bertz CT molecular complexity index is 426. The highest BCUT2D eigenvalue weighted by molar-refractivity contribution is 5.57. The van der Waals surface area contributed by atoms with Crippen LogP contribution >= 0.6 is 0 Å². The fourth-order valence-electron chi connectivity index (χ4n) is 1.40. The fraction of sp³-hybridized carbons (Fsp3) is 0.500. The summed E-state index contributed by atoms with van der Waals surface area (Å²) in [5, 5.41) is 31.9. The summed E-state index contributed by atoms with van der Waals surface area (Å²) in [5.74, 6) is 0.0499. The molecular formula is C10H16N4O4. The van der Waals surface area contributed by atoms with E-state index >= 15 is 0 Å². The minimum Gasteiger partial charge on any atom is -0.394 e. The van der Waals surface area contributed by atoms with E-state index in [2.05, 4.69) is 10.3 Å². The Hall–Kier alpha value is -1.93. The second-order valence-electron chi connectivity index (χ2n) is 3.93. The molecule has 0 unspecified atom stereocenters. The Kier molecular flexibility index (Phi) is 4.40. The molecule has 0 radical (unpaired) electrons. The summed E-state index contributed by atoms with van der Waals surface area (Å²) in [6, 6.07) is 2.60. The number of pyridine rings is 1. The van der Waals surface area contributed by atoms with Gasteiger partial charge in [0.2, 0.25) is 5.82 Å². The van der Waals surface area contributed by atoms with Gasteiger partial charge < -0.3 is 21.3 Å². The predicted molar refractivity (Wildman–Crippen MR) is 66.1 cm³/mol. The summed E-state index contributed by atoms with van der Waals surface area (Å²) >= 11 is 0. The third kappa shape index (κ3) is 2.84. The Labute approximate surface area is 104 Å². The Morgan fingerprint density at radius 2 is 2.11 bits per heavy atom. The van der Waals surface area contributed by atoms with E-state index in [1.54, 1.807) is 6.92 Å². The molecule has 1 aromatic rings. The number of aliphatic hydroxyl groups is 2. The summed E-state index contributed by atoms with van der Waals surface area (Å²) < 4.78 is 0. The van der Waals surface area contributed by atoms with Crippen LogP contribution in [0.4, 0.5) is 17.3 Å². The molecule has 0 fully saturated rings. The van der Waals surface area contributed by atoms with E-state index in [9.17, 15) is 20.3 Å². The van der Waals surface area contributed by atoms with Gasteiger partial charge in [0.15, 0.2) is 0 Å². The molecular weight excluding hydrogens is 240 g/mol. The molecule has 0 spiro atoms. The molecule has 8 nitrogen and oxygen atoms in total. The summed E-state index contributed by atoms with van der Waals surface area (Å²) in [6.45, 7) is 1.20. The van der Waals surface area contributed by atoms with Crippen LogP contribution in [0, 0.1) is 10.1 Å². The third-order valence-electron chi connectivity index (χ3n) is 2.77. The first-order valence-electron chi connectivity index (χ1n) is 5.39. The lowest BCUT2D eigenvalue weighted by Crippen LogP contribution is -2.45. The zero-order chi connectivity index (χ0) is 13.8. The van der Waals surface area contributed by atoms with Gasteiger partial charge in [0.25, 0.3) is 0 Å². The van der Waals surface area contributed by atoms with Crippen molar-refractivity contribution in [1.29, 1.82) is 0 Å². The monoisotopic (exact) mass is 256 g/mol. The molecule has 0 aliphatic heterocycles. The molecule has 5 N–H and O–H groups in total. The number of nitrogens with one attached hydrogen (secondary N) is 1. The number of rotatable bonds is 6. The molecule has 0 aliphatic rings. The number of hydrogen-bond acceptors (Lipinski definition) is 7. The van der Waals surface area contributed by atoms with Crippen molar-refractivity contribution in [1.82, 2.24) is 4.98 Å². The number of aliphatic hydroxyl groups excluding tert-OH is 2. The van der Waals surface area contributed by atoms with Crippen molar-refractivity contribution in [2.24, 2.45) is 0 Å². The van der Waals surface area contributed by atoms with Crippen molar-refractivity contribution in [2.45, 2.75) is 18.9 Å². The van der Waals surface area contributed by atoms with Crippen LogP contribution in [0.25, 0.3) is 0 Å². The second kappa shape index (κ2) is 5.61. The molecule has 1 aromatic heterocycles. The number of hydrogen-bond donors (Lipinski definition) is 4. The summed E-state index contributed by atoms with van der Waals surface area (Å²) in [6.07, 6.45) is 0.457. The summed E-state index contributed by atoms with van der Waals surface area (Å²) in [7, 11) is 0. The highest BCUT2D eigenvalue weighted by Gasteiger charge is 2.27. The van der Waals surface area contributed by atoms with Gasteiger partial charge in [-0.15, -0.1) is 0 Å². The molecule has 1 heterocycles. The number of aromatic nitrogens is 1. The van der Waals surface area contributed by atoms with Crippen molar-refractivity contribution in [3.63, 3.8) is 0 Å². The van der Waals surface area contributed by atoms with Crippen LogP contribution in [0.3, 0.4) is 0 Å². The van der Waals surface area contributed by atoms with Crippen molar-refractivity contribution in [3.8, 4) is 0 Å². The molecule has 0 saturated heterocycles. The van der Waals surface area contributed by atoms with Crippen molar-refractivity contribution in [2.75, 3.05) is 24.3 Å². The summed E-state index contributed by atoms with van der Waals surface area (Å²) in [4.78, 5) is 13.8. The van der Waals surface area contributed by atoms with Gasteiger partial charge in [0.1, 0.15) is 5.82 Å². The largest absolute Gasteiger partial charge is 0.394 e. The highest BCUT2D eigenvalue weighted by Crippen LogP contribution is 2.23. The lowest BCUT2D eigenvalue weighted by molar-refractivity contribution is -0.384. The lowest BCUT2D eigenvalue weighted by atomic mass is 9.98. The molecule has 0 aromatic carbocycles. The molecule has 100 valence electrons. The van der Waals surface area contributed by atoms with E-state index in [1.165, 1.54) is 12.1 Å². The molecule has 0 amide bonds.